The number of fused-ring (bicyclic) bond motifs is 2. The lowest BCUT2D eigenvalue weighted by Gasteiger charge is -2.27. The van der Waals surface area contributed by atoms with Gasteiger partial charge in [-0.15, -0.1) is 0 Å². The summed E-state index contributed by atoms with van der Waals surface area (Å²) < 4.78 is 5.64. The number of ether oxygens (including phenoxy) is 1. The Labute approximate surface area is 122 Å². The van der Waals surface area contributed by atoms with Gasteiger partial charge in [0.05, 0.1) is 6.61 Å². The van der Waals surface area contributed by atoms with Crippen LogP contribution in [0.5, 0.6) is 5.75 Å². The van der Waals surface area contributed by atoms with Crippen LogP contribution >= 0.6 is 0 Å². The summed E-state index contributed by atoms with van der Waals surface area (Å²) in [4.78, 5) is 0. The topological polar surface area (TPSA) is 21.3 Å². The van der Waals surface area contributed by atoms with E-state index in [0.29, 0.717) is 6.04 Å². The van der Waals surface area contributed by atoms with E-state index in [2.05, 4.69) is 43.4 Å². The maximum atomic E-state index is 5.64. The highest BCUT2D eigenvalue weighted by Crippen LogP contribution is 2.45. The molecule has 0 saturated heterocycles. The van der Waals surface area contributed by atoms with Crippen LogP contribution in [0, 0.1) is 11.8 Å². The second-order valence-corrected chi connectivity index (χ2v) is 6.59. The minimum Gasteiger partial charge on any atom is -0.494 e. The second kappa shape index (κ2) is 6.17. The molecule has 1 aromatic rings. The van der Waals surface area contributed by atoms with Crippen LogP contribution in [0.3, 0.4) is 0 Å². The Morgan fingerprint density at radius 1 is 1.20 bits per heavy atom. The quantitative estimate of drug-likeness (QED) is 0.833. The molecule has 2 heteroatoms. The number of nitrogens with one attached hydrogen (secondary N) is 1. The third-order valence-electron chi connectivity index (χ3n) is 5.06. The highest BCUT2D eigenvalue weighted by molar-refractivity contribution is 5.29. The molecule has 4 unspecified atom stereocenters. The molecule has 20 heavy (non-hydrogen) atoms. The van der Waals surface area contributed by atoms with Crippen LogP contribution in [-0.2, 0) is 0 Å². The SMILES string of the molecule is CCCOc1ccc(C(C)NC2CC3CCC2C3)cc1. The molecule has 2 saturated carbocycles. The van der Waals surface area contributed by atoms with E-state index in [1.807, 2.05) is 0 Å². The van der Waals surface area contributed by atoms with Crippen molar-refractivity contribution in [2.45, 2.75) is 58.0 Å². The van der Waals surface area contributed by atoms with Crippen LogP contribution < -0.4 is 10.1 Å². The van der Waals surface area contributed by atoms with Crippen molar-refractivity contribution in [2.75, 3.05) is 6.61 Å². The zero-order valence-corrected chi connectivity index (χ0v) is 12.8. The fourth-order valence-corrected chi connectivity index (χ4v) is 3.94. The van der Waals surface area contributed by atoms with Gasteiger partial charge in [0, 0.05) is 12.1 Å². The fourth-order valence-electron chi connectivity index (χ4n) is 3.94. The van der Waals surface area contributed by atoms with Crippen molar-refractivity contribution >= 4 is 0 Å². The Balaban J connectivity index is 1.55. The van der Waals surface area contributed by atoms with Crippen molar-refractivity contribution in [3.8, 4) is 5.75 Å². The first-order valence-electron chi connectivity index (χ1n) is 8.25. The molecule has 0 aromatic heterocycles. The normalized spacial score (nSPS) is 29.6. The van der Waals surface area contributed by atoms with Crippen molar-refractivity contribution in [2.24, 2.45) is 11.8 Å². The van der Waals surface area contributed by atoms with Crippen molar-refractivity contribution in [3.63, 3.8) is 0 Å². The number of hydrogen-bond donors (Lipinski definition) is 1. The van der Waals surface area contributed by atoms with Crippen LogP contribution in [0.4, 0.5) is 0 Å². The smallest absolute Gasteiger partial charge is 0.119 e. The Bertz CT molecular complexity index is 428. The minimum absolute atomic E-state index is 0.444. The van der Waals surface area contributed by atoms with Gasteiger partial charge in [-0.1, -0.05) is 25.5 Å². The maximum Gasteiger partial charge on any atom is 0.119 e. The Morgan fingerprint density at radius 3 is 2.60 bits per heavy atom. The van der Waals surface area contributed by atoms with E-state index >= 15 is 0 Å². The summed E-state index contributed by atoms with van der Waals surface area (Å²) in [7, 11) is 0. The first kappa shape index (κ1) is 13.9. The van der Waals surface area contributed by atoms with Gasteiger partial charge in [0.2, 0.25) is 0 Å². The zero-order chi connectivity index (χ0) is 13.9. The van der Waals surface area contributed by atoms with Gasteiger partial charge in [-0.25, -0.2) is 0 Å². The molecular formula is C18H27NO. The molecule has 0 radical (unpaired) electrons. The van der Waals surface area contributed by atoms with Crippen molar-refractivity contribution in [1.82, 2.24) is 5.32 Å². The van der Waals surface area contributed by atoms with Gasteiger partial charge in [0.15, 0.2) is 0 Å². The van der Waals surface area contributed by atoms with Gasteiger partial charge in [-0.05, 0) is 62.1 Å². The summed E-state index contributed by atoms with van der Waals surface area (Å²) in [6.07, 6.45) is 6.84. The van der Waals surface area contributed by atoms with Crippen molar-refractivity contribution < 1.29 is 4.74 Å². The van der Waals surface area contributed by atoms with Gasteiger partial charge in [0.25, 0.3) is 0 Å². The molecule has 2 bridgehead atoms. The highest BCUT2D eigenvalue weighted by atomic mass is 16.5. The fraction of sp³-hybridized carbons (Fsp3) is 0.667. The van der Waals surface area contributed by atoms with Gasteiger partial charge in [-0.3, -0.25) is 0 Å². The number of benzene rings is 1. The van der Waals surface area contributed by atoms with E-state index in [9.17, 15) is 0 Å². The number of hydrogen-bond acceptors (Lipinski definition) is 2. The molecule has 1 aromatic carbocycles. The van der Waals surface area contributed by atoms with Gasteiger partial charge in [-0.2, -0.15) is 0 Å². The summed E-state index contributed by atoms with van der Waals surface area (Å²) >= 11 is 0. The monoisotopic (exact) mass is 273 g/mol. The highest BCUT2D eigenvalue weighted by Gasteiger charge is 2.39. The third kappa shape index (κ3) is 3.01. The molecule has 110 valence electrons. The van der Waals surface area contributed by atoms with Crippen LogP contribution in [0.25, 0.3) is 0 Å². The Morgan fingerprint density at radius 2 is 2.00 bits per heavy atom. The van der Waals surface area contributed by atoms with Crippen LogP contribution in [0.15, 0.2) is 24.3 Å². The van der Waals surface area contributed by atoms with Gasteiger partial charge >= 0.3 is 0 Å². The lowest BCUT2D eigenvalue weighted by Crippen LogP contribution is -2.35. The Kier molecular flexibility index (Phi) is 4.30. The molecule has 0 amide bonds. The molecule has 1 N–H and O–H groups in total. The van der Waals surface area contributed by atoms with E-state index in [1.54, 1.807) is 0 Å². The molecule has 3 rings (SSSR count). The van der Waals surface area contributed by atoms with Crippen LogP contribution in [-0.4, -0.2) is 12.6 Å². The van der Waals surface area contributed by atoms with Crippen LogP contribution in [0.1, 0.15) is 57.6 Å². The standard InChI is InChI=1S/C18H27NO/c1-3-10-20-17-8-6-15(7-9-17)13(2)19-18-12-14-4-5-16(18)11-14/h6-9,13-14,16,18-19H,3-5,10-12H2,1-2H3. The summed E-state index contributed by atoms with van der Waals surface area (Å²) in [6, 6.07) is 9.80. The maximum absolute atomic E-state index is 5.64. The van der Waals surface area contributed by atoms with Crippen LogP contribution in [0.2, 0.25) is 0 Å². The van der Waals surface area contributed by atoms with E-state index < -0.39 is 0 Å². The first-order valence-corrected chi connectivity index (χ1v) is 8.25. The molecule has 2 nitrogen and oxygen atoms in total. The largest absolute Gasteiger partial charge is 0.494 e. The van der Waals surface area contributed by atoms with Crippen molar-refractivity contribution in [1.29, 1.82) is 0 Å². The molecule has 0 spiro atoms. The Hall–Kier alpha value is -1.02. The number of rotatable bonds is 6. The van der Waals surface area contributed by atoms with Gasteiger partial charge in [0.1, 0.15) is 5.75 Å². The van der Waals surface area contributed by atoms with E-state index in [1.165, 1.54) is 31.2 Å². The van der Waals surface area contributed by atoms with E-state index in [-0.39, 0.29) is 0 Å². The molecule has 2 aliphatic rings. The molecule has 2 fully saturated rings. The predicted octanol–water partition coefficient (Wildman–Crippen LogP) is 4.31. The lowest BCUT2D eigenvalue weighted by atomic mass is 9.94. The van der Waals surface area contributed by atoms with E-state index in [4.69, 9.17) is 4.74 Å². The summed E-state index contributed by atoms with van der Waals surface area (Å²) in [5.41, 5.74) is 1.37. The van der Waals surface area contributed by atoms with Crippen molar-refractivity contribution in [3.05, 3.63) is 29.8 Å². The first-order chi connectivity index (χ1) is 9.76. The zero-order valence-electron chi connectivity index (χ0n) is 12.8. The minimum atomic E-state index is 0.444. The third-order valence-corrected chi connectivity index (χ3v) is 5.06. The predicted molar refractivity (Wildman–Crippen MR) is 83.0 cm³/mol. The summed E-state index contributed by atoms with van der Waals surface area (Å²) in [6.45, 7) is 5.22. The second-order valence-electron chi connectivity index (χ2n) is 6.59. The molecule has 4 atom stereocenters. The molecule has 2 aliphatic carbocycles. The summed E-state index contributed by atoms with van der Waals surface area (Å²) in [5, 5.41) is 3.85. The molecular weight excluding hydrogens is 246 g/mol. The average Bonchev–Trinajstić information content (AvgIpc) is 3.08. The molecule has 0 heterocycles. The van der Waals surface area contributed by atoms with E-state index in [0.717, 1.165) is 36.7 Å². The summed E-state index contributed by atoms with van der Waals surface area (Å²) in [5.74, 6) is 2.94. The lowest BCUT2D eigenvalue weighted by molar-refractivity contribution is 0.316. The van der Waals surface area contributed by atoms with Gasteiger partial charge < -0.3 is 10.1 Å². The average molecular weight is 273 g/mol. The molecule has 0 aliphatic heterocycles.